The zero-order valence-electron chi connectivity index (χ0n) is 17.4. The number of alkyl halides is 3. The summed E-state index contributed by atoms with van der Waals surface area (Å²) in [6.45, 7) is 5.15. The number of likely N-dealkylation sites (tertiary alicyclic amines) is 1. The molecule has 0 atom stereocenters. The van der Waals surface area contributed by atoms with E-state index < -0.39 is 23.6 Å². The van der Waals surface area contributed by atoms with Crippen LogP contribution in [0, 0.1) is 13.8 Å². The van der Waals surface area contributed by atoms with E-state index in [1.54, 1.807) is 6.07 Å². The molecule has 0 aromatic heterocycles. The molecule has 7 heteroatoms. The van der Waals surface area contributed by atoms with Gasteiger partial charge in [-0.2, -0.15) is 13.2 Å². The molecule has 0 saturated carbocycles. The number of carbonyl (C=O) groups is 2. The predicted octanol–water partition coefficient (Wildman–Crippen LogP) is 5.09. The smallest absolute Gasteiger partial charge is 0.366 e. The van der Waals surface area contributed by atoms with Gasteiger partial charge < -0.3 is 4.90 Å². The number of benzene rings is 2. The third kappa shape index (κ3) is 3.84. The highest BCUT2D eigenvalue weighted by atomic mass is 19.4. The number of piperidine rings is 1. The van der Waals surface area contributed by atoms with Gasteiger partial charge in [-0.05, 0) is 68.0 Å². The average Bonchev–Trinajstić information content (AvgIpc) is 3.00. The molecule has 0 unspecified atom stereocenters. The summed E-state index contributed by atoms with van der Waals surface area (Å²) < 4.78 is 39.7. The Morgan fingerprint density at radius 3 is 2.19 bits per heavy atom. The number of aryl methyl sites for hydroxylation is 2. The lowest BCUT2D eigenvalue weighted by molar-refractivity contribution is -0.137. The minimum atomic E-state index is -4.57. The lowest BCUT2D eigenvalue weighted by Crippen LogP contribution is -2.37. The topological polar surface area (TPSA) is 40.6 Å². The monoisotopic (exact) mass is 428 g/mol. The highest BCUT2D eigenvalue weighted by Crippen LogP contribution is 2.38. The van der Waals surface area contributed by atoms with E-state index in [0.717, 1.165) is 47.4 Å². The molecule has 2 aromatic rings. The fourth-order valence-corrected chi connectivity index (χ4v) is 4.14. The van der Waals surface area contributed by atoms with Gasteiger partial charge in [0.2, 0.25) is 0 Å². The van der Waals surface area contributed by atoms with Crippen molar-refractivity contribution in [2.75, 3.05) is 18.0 Å². The second-order valence-corrected chi connectivity index (χ2v) is 8.06. The lowest BCUT2D eigenvalue weighted by Gasteiger charge is -2.29. The van der Waals surface area contributed by atoms with Crippen molar-refractivity contribution in [2.45, 2.75) is 39.3 Å². The fraction of sp³-hybridized carbons (Fsp3) is 0.333. The highest BCUT2D eigenvalue weighted by molar-refractivity contribution is 6.45. The van der Waals surface area contributed by atoms with E-state index in [1.807, 2.05) is 30.9 Å². The van der Waals surface area contributed by atoms with E-state index >= 15 is 0 Å². The van der Waals surface area contributed by atoms with E-state index in [2.05, 4.69) is 0 Å². The van der Waals surface area contributed by atoms with Crippen LogP contribution in [0.25, 0.3) is 5.57 Å². The number of carbonyl (C=O) groups excluding carboxylic acids is 2. The summed E-state index contributed by atoms with van der Waals surface area (Å²) in [4.78, 5) is 29.7. The normalized spacial score (nSPS) is 17.7. The maximum atomic E-state index is 13.5. The van der Waals surface area contributed by atoms with Crippen molar-refractivity contribution in [3.63, 3.8) is 0 Å². The first kappa shape index (κ1) is 21.2. The standard InChI is InChI=1S/C24H23F3N2O2/c1-15-9-10-17(13-16(15)2)20-21(28-11-4-3-5-12-28)23(31)29(22(20)30)19-8-6-7-18(14-19)24(25,26)27/h6-10,13-14H,3-5,11-12H2,1-2H3. The van der Waals surface area contributed by atoms with E-state index in [0.29, 0.717) is 18.7 Å². The fourth-order valence-electron chi connectivity index (χ4n) is 4.14. The molecule has 2 aliphatic heterocycles. The van der Waals surface area contributed by atoms with Crippen molar-refractivity contribution in [1.29, 1.82) is 0 Å². The first-order valence-corrected chi connectivity index (χ1v) is 10.3. The third-order valence-corrected chi connectivity index (χ3v) is 5.96. The number of anilines is 1. The maximum absolute atomic E-state index is 13.5. The van der Waals surface area contributed by atoms with Crippen LogP contribution < -0.4 is 4.90 Å². The minimum Gasteiger partial charge on any atom is -0.366 e. The van der Waals surface area contributed by atoms with Crippen molar-refractivity contribution in [2.24, 2.45) is 0 Å². The average molecular weight is 428 g/mol. The zero-order valence-corrected chi connectivity index (χ0v) is 17.4. The molecule has 1 saturated heterocycles. The lowest BCUT2D eigenvalue weighted by atomic mass is 9.98. The second-order valence-electron chi connectivity index (χ2n) is 8.06. The molecule has 4 rings (SSSR count). The van der Waals surface area contributed by atoms with E-state index in [9.17, 15) is 22.8 Å². The minimum absolute atomic E-state index is 0.0711. The summed E-state index contributed by atoms with van der Waals surface area (Å²) in [6, 6.07) is 9.90. The Hall–Kier alpha value is -3.09. The van der Waals surface area contributed by atoms with Crippen LogP contribution in [0.3, 0.4) is 0 Å². The Labute approximate surface area is 179 Å². The summed E-state index contributed by atoms with van der Waals surface area (Å²) in [5.74, 6) is -1.16. The van der Waals surface area contributed by atoms with Crippen LogP contribution in [0.15, 0.2) is 48.2 Å². The largest absolute Gasteiger partial charge is 0.416 e. The molecule has 2 aliphatic rings. The van der Waals surface area contributed by atoms with Crippen LogP contribution in [0.5, 0.6) is 0 Å². The van der Waals surface area contributed by atoms with Gasteiger partial charge in [0.1, 0.15) is 5.70 Å². The predicted molar refractivity (Wildman–Crippen MR) is 112 cm³/mol. The van der Waals surface area contributed by atoms with Crippen LogP contribution >= 0.6 is 0 Å². The molecule has 4 nitrogen and oxygen atoms in total. The molecule has 0 radical (unpaired) electrons. The number of hydrogen-bond donors (Lipinski definition) is 0. The number of amides is 2. The van der Waals surface area contributed by atoms with Gasteiger partial charge in [0.25, 0.3) is 11.8 Å². The molecule has 0 N–H and O–H groups in total. The molecule has 31 heavy (non-hydrogen) atoms. The maximum Gasteiger partial charge on any atom is 0.416 e. The molecular weight excluding hydrogens is 405 g/mol. The first-order chi connectivity index (χ1) is 14.7. The number of hydrogen-bond acceptors (Lipinski definition) is 3. The molecule has 0 aliphatic carbocycles. The summed E-state index contributed by atoms with van der Waals surface area (Å²) >= 11 is 0. The Bertz CT molecular complexity index is 1080. The van der Waals surface area contributed by atoms with Gasteiger partial charge in [0.15, 0.2) is 0 Å². The molecule has 162 valence electrons. The van der Waals surface area contributed by atoms with Crippen LogP contribution in [0.1, 0.15) is 41.5 Å². The highest BCUT2D eigenvalue weighted by Gasteiger charge is 2.43. The summed E-state index contributed by atoms with van der Waals surface area (Å²) in [5, 5.41) is 0. The van der Waals surface area contributed by atoms with Crippen molar-refractivity contribution >= 4 is 23.1 Å². The van der Waals surface area contributed by atoms with Crippen LogP contribution in [-0.2, 0) is 15.8 Å². The zero-order chi connectivity index (χ0) is 22.3. The van der Waals surface area contributed by atoms with Gasteiger partial charge >= 0.3 is 6.18 Å². The van der Waals surface area contributed by atoms with Gasteiger partial charge in [-0.1, -0.05) is 24.3 Å². The van der Waals surface area contributed by atoms with Crippen molar-refractivity contribution in [1.82, 2.24) is 4.90 Å². The van der Waals surface area contributed by atoms with Crippen molar-refractivity contribution in [3.05, 3.63) is 70.4 Å². The number of halogens is 3. The summed E-state index contributed by atoms with van der Waals surface area (Å²) in [6.07, 6.45) is -1.73. The molecule has 2 aromatic carbocycles. The summed E-state index contributed by atoms with van der Waals surface area (Å²) in [7, 11) is 0. The Kier molecular flexibility index (Phi) is 5.37. The van der Waals surface area contributed by atoms with E-state index in [1.165, 1.54) is 12.1 Å². The van der Waals surface area contributed by atoms with Crippen molar-refractivity contribution < 1.29 is 22.8 Å². The van der Waals surface area contributed by atoms with Gasteiger partial charge in [-0.3, -0.25) is 9.59 Å². The quantitative estimate of drug-likeness (QED) is 0.640. The van der Waals surface area contributed by atoms with E-state index in [4.69, 9.17) is 0 Å². The van der Waals surface area contributed by atoms with Gasteiger partial charge in [-0.25, -0.2) is 4.90 Å². The Morgan fingerprint density at radius 2 is 1.55 bits per heavy atom. The Morgan fingerprint density at radius 1 is 0.839 bits per heavy atom. The van der Waals surface area contributed by atoms with E-state index in [-0.39, 0.29) is 17.0 Å². The van der Waals surface area contributed by atoms with Gasteiger partial charge in [0, 0.05) is 13.1 Å². The molecule has 0 bridgehead atoms. The van der Waals surface area contributed by atoms with Crippen LogP contribution in [0.2, 0.25) is 0 Å². The molecule has 0 spiro atoms. The summed E-state index contributed by atoms with van der Waals surface area (Å²) in [5.41, 5.74) is 2.20. The third-order valence-electron chi connectivity index (χ3n) is 5.96. The van der Waals surface area contributed by atoms with Crippen LogP contribution in [-0.4, -0.2) is 29.8 Å². The molecule has 1 fully saturated rings. The number of rotatable bonds is 3. The Balaban J connectivity index is 1.83. The van der Waals surface area contributed by atoms with Crippen LogP contribution in [0.4, 0.5) is 18.9 Å². The number of nitrogens with zero attached hydrogens (tertiary/aromatic N) is 2. The second kappa shape index (κ2) is 7.87. The first-order valence-electron chi connectivity index (χ1n) is 10.3. The molecular formula is C24H23F3N2O2. The molecule has 2 heterocycles. The SMILES string of the molecule is Cc1ccc(C2=C(N3CCCCC3)C(=O)N(c3cccc(C(F)(F)F)c3)C2=O)cc1C. The molecule has 2 amide bonds. The number of imide groups is 1. The van der Waals surface area contributed by atoms with Gasteiger partial charge in [-0.15, -0.1) is 0 Å². The van der Waals surface area contributed by atoms with Gasteiger partial charge in [0.05, 0.1) is 16.8 Å². The van der Waals surface area contributed by atoms with Crippen molar-refractivity contribution in [3.8, 4) is 0 Å².